The van der Waals surface area contributed by atoms with Crippen molar-refractivity contribution in [3.05, 3.63) is 0 Å². The van der Waals surface area contributed by atoms with Crippen LogP contribution in [0.1, 0.15) is 26.2 Å². The smallest absolute Gasteiger partial charge is 0.309 e. The van der Waals surface area contributed by atoms with Gasteiger partial charge < -0.3 is 4.74 Å². The van der Waals surface area contributed by atoms with Crippen LogP contribution in [0.5, 0.6) is 0 Å². The maximum absolute atomic E-state index is 11.4. The first-order valence-electron chi connectivity index (χ1n) is 4.98. The van der Waals surface area contributed by atoms with Gasteiger partial charge >= 0.3 is 5.97 Å². The fourth-order valence-corrected chi connectivity index (χ4v) is 3.44. The first-order valence-corrected chi connectivity index (χ1v) is 4.98. The van der Waals surface area contributed by atoms with Crippen LogP contribution < -0.4 is 0 Å². The van der Waals surface area contributed by atoms with Gasteiger partial charge in [0.05, 0.1) is 5.92 Å². The Kier molecular flexibility index (Phi) is 1.18. The Labute approximate surface area is 72.3 Å². The molecular weight excluding hydrogens is 152 g/mol. The van der Waals surface area contributed by atoms with E-state index >= 15 is 0 Å². The summed E-state index contributed by atoms with van der Waals surface area (Å²) < 4.78 is 5.39. The van der Waals surface area contributed by atoms with Crippen molar-refractivity contribution in [2.45, 2.75) is 32.3 Å². The number of ether oxygens (including phenoxy) is 1. The second kappa shape index (κ2) is 2.04. The number of carbonyl (C=O) groups excluding carboxylic acids is 1. The molecule has 0 spiro atoms. The lowest BCUT2D eigenvalue weighted by molar-refractivity contribution is -0.144. The fraction of sp³-hybridized carbons (Fsp3) is 0.900. The van der Waals surface area contributed by atoms with Gasteiger partial charge in [-0.25, -0.2) is 0 Å². The normalized spacial score (nSPS) is 55.8. The summed E-state index contributed by atoms with van der Waals surface area (Å²) >= 11 is 0. The van der Waals surface area contributed by atoms with Crippen LogP contribution in [0.4, 0.5) is 0 Å². The van der Waals surface area contributed by atoms with Crippen LogP contribution in [0.15, 0.2) is 0 Å². The third-order valence-corrected chi connectivity index (χ3v) is 4.18. The summed E-state index contributed by atoms with van der Waals surface area (Å²) in [6.07, 6.45) is 3.96. The van der Waals surface area contributed by atoms with Gasteiger partial charge in [-0.1, -0.05) is 6.92 Å². The fourth-order valence-electron chi connectivity index (χ4n) is 3.44. The summed E-state index contributed by atoms with van der Waals surface area (Å²) in [6.45, 7) is 2.25. The minimum absolute atomic E-state index is 0.0963. The van der Waals surface area contributed by atoms with Crippen molar-refractivity contribution < 1.29 is 9.53 Å². The van der Waals surface area contributed by atoms with E-state index in [0.717, 1.165) is 12.3 Å². The molecule has 12 heavy (non-hydrogen) atoms. The van der Waals surface area contributed by atoms with Gasteiger partial charge in [-0.3, -0.25) is 4.79 Å². The predicted molar refractivity (Wildman–Crippen MR) is 43.4 cm³/mol. The van der Waals surface area contributed by atoms with Crippen molar-refractivity contribution >= 4 is 5.97 Å². The zero-order valence-corrected chi connectivity index (χ0v) is 7.32. The van der Waals surface area contributed by atoms with Gasteiger partial charge in [-0.2, -0.15) is 0 Å². The highest BCUT2D eigenvalue weighted by molar-refractivity contribution is 5.76. The Morgan fingerprint density at radius 1 is 1.42 bits per heavy atom. The van der Waals surface area contributed by atoms with E-state index in [0.29, 0.717) is 11.8 Å². The molecule has 4 rings (SSSR count). The van der Waals surface area contributed by atoms with E-state index in [1.807, 2.05) is 0 Å². The quantitative estimate of drug-likeness (QED) is 0.511. The highest BCUT2D eigenvalue weighted by Gasteiger charge is 2.56. The van der Waals surface area contributed by atoms with E-state index in [4.69, 9.17) is 4.74 Å². The Hall–Kier alpha value is -0.530. The molecule has 66 valence electrons. The molecule has 1 saturated heterocycles. The molecule has 0 amide bonds. The number of rotatable bonds is 0. The van der Waals surface area contributed by atoms with Crippen LogP contribution in [0.3, 0.4) is 0 Å². The molecule has 2 heteroatoms. The minimum Gasteiger partial charge on any atom is -0.462 e. The summed E-state index contributed by atoms with van der Waals surface area (Å²) in [7, 11) is 0. The van der Waals surface area contributed by atoms with E-state index in [1.165, 1.54) is 12.8 Å². The Bertz CT molecular complexity index is 236. The number of hydrogen-bond acceptors (Lipinski definition) is 2. The van der Waals surface area contributed by atoms with Gasteiger partial charge in [0.1, 0.15) is 6.10 Å². The molecule has 0 aromatic rings. The minimum atomic E-state index is 0.0963. The Morgan fingerprint density at radius 2 is 2.25 bits per heavy atom. The van der Waals surface area contributed by atoms with E-state index in [2.05, 4.69) is 6.92 Å². The Morgan fingerprint density at radius 3 is 3.00 bits per heavy atom. The molecule has 3 saturated carbocycles. The van der Waals surface area contributed by atoms with Gasteiger partial charge in [0.15, 0.2) is 0 Å². The molecule has 3 aliphatic carbocycles. The van der Waals surface area contributed by atoms with Crippen molar-refractivity contribution in [2.24, 2.45) is 23.7 Å². The summed E-state index contributed by atoms with van der Waals surface area (Å²) in [5.74, 6) is 2.37. The predicted octanol–water partition coefficient (Wildman–Crippen LogP) is 1.59. The van der Waals surface area contributed by atoms with Crippen LogP contribution in [0, 0.1) is 23.7 Å². The molecule has 0 radical (unpaired) electrons. The van der Waals surface area contributed by atoms with E-state index in [-0.39, 0.29) is 18.0 Å². The molecule has 1 heterocycles. The van der Waals surface area contributed by atoms with Gasteiger partial charge in [-0.15, -0.1) is 0 Å². The van der Waals surface area contributed by atoms with Crippen molar-refractivity contribution in [1.82, 2.24) is 0 Å². The zero-order valence-electron chi connectivity index (χ0n) is 7.32. The highest BCUT2D eigenvalue weighted by atomic mass is 16.6. The van der Waals surface area contributed by atoms with Crippen molar-refractivity contribution in [2.75, 3.05) is 0 Å². The topological polar surface area (TPSA) is 26.3 Å². The number of hydrogen-bond donors (Lipinski definition) is 0. The summed E-state index contributed by atoms with van der Waals surface area (Å²) in [4.78, 5) is 11.4. The maximum Gasteiger partial charge on any atom is 0.309 e. The molecule has 0 aromatic carbocycles. The molecule has 0 aromatic heterocycles. The lowest BCUT2D eigenvalue weighted by atomic mass is 9.60. The number of fused-ring (bicyclic) bond motifs is 1. The van der Waals surface area contributed by atoms with E-state index in [1.54, 1.807) is 0 Å². The lowest BCUT2D eigenvalue weighted by Crippen LogP contribution is -2.43. The molecule has 1 aliphatic heterocycles. The molecule has 2 nitrogen and oxygen atoms in total. The zero-order chi connectivity index (χ0) is 8.29. The first-order chi connectivity index (χ1) is 5.77. The standard InChI is InChI=1S/C10H14O2/c1-5-6-2-3-7-8(4-6)10(11)12-9(5)7/h5-9H,2-4H2,1H3/t5-,6-,7?,8?,9?/m0/s1. The molecule has 4 bridgehead atoms. The second-order valence-electron chi connectivity index (χ2n) is 4.60. The first kappa shape index (κ1) is 6.93. The SMILES string of the molecule is C[C@@H]1C2OC(=O)C3C[C@@H]1CCC32. The van der Waals surface area contributed by atoms with E-state index < -0.39 is 0 Å². The van der Waals surface area contributed by atoms with Crippen LogP contribution in [-0.4, -0.2) is 12.1 Å². The molecule has 4 aliphatic rings. The third kappa shape index (κ3) is 0.644. The van der Waals surface area contributed by atoms with Crippen molar-refractivity contribution in [3.8, 4) is 0 Å². The average Bonchev–Trinajstić information content (AvgIpc) is 2.37. The van der Waals surface area contributed by atoms with Gasteiger partial charge in [-0.05, 0) is 31.1 Å². The highest BCUT2D eigenvalue weighted by Crippen LogP contribution is 2.53. The van der Waals surface area contributed by atoms with E-state index in [9.17, 15) is 4.79 Å². The monoisotopic (exact) mass is 166 g/mol. The van der Waals surface area contributed by atoms with Crippen LogP contribution in [0.25, 0.3) is 0 Å². The largest absolute Gasteiger partial charge is 0.462 e. The van der Waals surface area contributed by atoms with Crippen molar-refractivity contribution in [1.29, 1.82) is 0 Å². The summed E-state index contributed by atoms with van der Waals surface area (Å²) in [6, 6.07) is 0. The molecule has 5 atom stereocenters. The third-order valence-electron chi connectivity index (χ3n) is 4.18. The second-order valence-corrected chi connectivity index (χ2v) is 4.60. The average molecular weight is 166 g/mol. The van der Waals surface area contributed by atoms with Crippen LogP contribution in [-0.2, 0) is 9.53 Å². The Balaban J connectivity index is 2.00. The molecular formula is C10H14O2. The lowest BCUT2D eigenvalue weighted by Gasteiger charge is -2.43. The van der Waals surface area contributed by atoms with Gasteiger partial charge in [0.25, 0.3) is 0 Å². The van der Waals surface area contributed by atoms with Gasteiger partial charge in [0.2, 0.25) is 0 Å². The summed E-state index contributed by atoms with van der Waals surface area (Å²) in [5.41, 5.74) is 0. The molecule has 0 N–H and O–H groups in total. The number of carbonyl (C=O) groups is 1. The van der Waals surface area contributed by atoms with Crippen LogP contribution in [0.2, 0.25) is 0 Å². The molecule has 4 fully saturated rings. The molecule has 3 unspecified atom stereocenters. The number of esters is 1. The maximum atomic E-state index is 11.4. The van der Waals surface area contributed by atoms with Crippen molar-refractivity contribution in [3.63, 3.8) is 0 Å². The summed E-state index contributed by atoms with van der Waals surface area (Å²) in [5, 5.41) is 0. The van der Waals surface area contributed by atoms with Crippen LogP contribution >= 0.6 is 0 Å². The van der Waals surface area contributed by atoms with Gasteiger partial charge in [0, 0.05) is 5.92 Å².